The summed E-state index contributed by atoms with van der Waals surface area (Å²) in [6.45, 7) is 0.281. The highest BCUT2D eigenvalue weighted by Crippen LogP contribution is 2.21. The van der Waals surface area contributed by atoms with Crippen LogP contribution in [0.5, 0.6) is 0 Å². The molecule has 1 unspecified atom stereocenters. The number of nitrogens with zero attached hydrogens (tertiary/aromatic N) is 1. The third-order valence-corrected chi connectivity index (χ3v) is 5.99. The van der Waals surface area contributed by atoms with E-state index in [9.17, 15) is 17.9 Å². The van der Waals surface area contributed by atoms with Crippen LogP contribution in [0.3, 0.4) is 0 Å². The first kappa shape index (κ1) is 23.9. The van der Waals surface area contributed by atoms with E-state index in [1.807, 2.05) is 18.2 Å². The van der Waals surface area contributed by atoms with Gasteiger partial charge >= 0.3 is 5.97 Å². The second-order valence-corrected chi connectivity index (χ2v) is 8.75. The van der Waals surface area contributed by atoms with Crippen LogP contribution in [0, 0.1) is 5.82 Å². The minimum Gasteiger partial charge on any atom is -0.481 e. The molecule has 3 aromatic rings. The van der Waals surface area contributed by atoms with Crippen LogP contribution in [0.15, 0.2) is 66.7 Å². The van der Waals surface area contributed by atoms with Gasteiger partial charge in [-0.2, -0.15) is 0 Å². The Bertz CT molecular complexity index is 1090. The first-order valence-corrected chi connectivity index (χ1v) is 11.5. The van der Waals surface area contributed by atoms with Gasteiger partial charge in [-0.15, -0.1) is 0 Å². The van der Waals surface area contributed by atoms with Crippen LogP contribution < -0.4 is 4.31 Å². The topological polar surface area (TPSA) is 77.8 Å². The SMILES string of the molecule is O=C(O)CCc1cc(CCN(c2ccc(Cl)cc2)S(=O)O)cc(Cc2ccc(F)cc2)c1. The first-order chi connectivity index (χ1) is 15.3. The van der Waals surface area contributed by atoms with Crippen molar-refractivity contribution in [2.45, 2.75) is 25.7 Å². The Hall–Kier alpha value is -2.74. The van der Waals surface area contributed by atoms with Crippen LogP contribution in [0.1, 0.15) is 28.7 Å². The summed E-state index contributed by atoms with van der Waals surface area (Å²) in [7, 11) is 0. The molecule has 0 saturated heterocycles. The molecular weight excluding hydrogens is 453 g/mol. The molecule has 1 atom stereocenters. The van der Waals surface area contributed by atoms with Crippen molar-refractivity contribution in [3.05, 3.63) is 99.8 Å². The molecule has 0 spiro atoms. The molecule has 3 aromatic carbocycles. The van der Waals surface area contributed by atoms with E-state index in [1.54, 1.807) is 36.4 Å². The number of carboxylic acids is 1. The van der Waals surface area contributed by atoms with Gasteiger partial charge < -0.3 is 5.11 Å². The van der Waals surface area contributed by atoms with E-state index in [2.05, 4.69) is 0 Å². The molecule has 32 heavy (non-hydrogen) atoms. The third kappa shape index (κ3) is 7.15. The molecule has 0 saturated carbocycles. The Morgan fingerprint density at radius 3 is 2.09 bits per heavy atom. The molecule has 8 heteroatoms. The van der Waals surface area contributed by atoms with Crippen LogP contribution in [0.25, 0.3) is 0 Å². The quantitative estimate of drug-likeness (QED) is 0.391. The molecule has 0 aliphatic carbocycles. The van der Waals surface area contributed by atoms with E-state index in [1.165, 1.54) is 16.4 Å². The molecule has 5 nitrogen and oxygen atoms in total. The van der Waals surface area contributed by atoms with Crippen molar-refractivity contribution in [3.63, 3.8) is 0 Å². The smallest absolute Gasteiger partial charge is 0.303 e. The monoisotopic (exact) mass is 475 g/mol. The summed E-state index contributed by atoms with van der Waals surface area (Å²) >= 11 is 3.70. The van der Waals surface area contributed by atoms with Crippen molar-refractivity contribution < 1.29 is 23.1 Å². The van der Waals surface area contributed by atoms with Crippen LogP contribution in [-0.4, -0.2) is 26.4 Å². The fourth-order valence-corrected chi connectivity index (χ4v) is 4.13. The van der Waals surface area contributed by atoms with Gasteiger partial charge in [0.2, 0.25) is 0 Å². The standard InChI is InChI=1S/C24H23ClFNO4S/c25-21-4-8-23(9-5-21)27(32(30)31)12-11-19-14-18(3-10-24(28)29)15-20(16-19)13-17-1-6-22(26)7-2-17/h1-2,4-9,14-16H,3,10-13H2,(H,28,29)(H,30,31). The zero-order chi connectivity index (χ0) is 23.1. The Morgan fingerprint density at radius 2 is 1.50 bits per heavy atom. The predicted molar refractivity (Wildman–Crippen MR) is 125 cm³/mol. The molecule has 0 bridgehead atoms. The van der Waals surface area contributed by atoms with Crippen molar-refractivity contribution in [2.24, 2.45) is 0 Å². The number of anilines is 1. The first-order valence-electron chi connectivity index (χ1n) is 10.0. The lowest BCUT2D eigenvalue weighted by atomic mass is 9.96. The number of carbonyl (C=O) groups is 1. The maximum absolute atomic E-state index is 13.2. The van der Waals surface area contributed by atoms with Crippen LogP contribution in [-0.2, 0) is 35.3 Å². The predicted octanol–water partition coefficient (Wildman–Crippen LogP) is 5.27. The summed E-state index contributed by atoms with van der Waals surface area (Å²) in [6.07, 6.45) is 1.44. The van der Waals surface area contributed by atoms with Gasteiger partial charge in [0, 0.05) is 18.0 Å². The molecular formula is C24H23ClFNO4S. The minimum absolute atomic E-state index is 0.0109. The molecule has 2 N–H and O–H groups in total. The maximum atomic E-state index is 13.2. The Morgan fingerprint density at radius 1 is 0.906 bits per heavy atom. The van der Waals surface area contributed by atoms with Gasteiger partial charge in [-0.25, -0.2) is 8.60 Å². The van der Waals surface area contributed by atoms with Crippen molar-refractivity contribution in [1.82, 2.24) is 0 Å². The second kappa shape index (κ2) is 11.2. The van der Waals surface area contributed by atoms with Crippen molar-refractivity contribution >= 4 is 34.5 Å². The zero-order valence-electron chi connectivity index (χ0n) is 17.2. The van der Waals surface area contributed by atoms with Gasteiger partial charge in [0.15, 0.2) is 0 Å². The number of hydrogen-bond donors (Lipinski definition) is 2. The van der Waals surface area contributed by atoms with Crippen LogP contribution in [0.4, 0.5) is 10.1 Å². The molecule has 3 rings (SSSR count). The maximum Gasteiger partial charge on any atom is 0.303 e. The molecule has 0 amide bonds. The lowest BCUT2D eigenvalue weighted by molar-refractivity contribution is -0.136. The minimum atomic E-state index is -2.21. The number of aryl methyl sites for hydroxylation is 1. The Balaban J connectivity index is 1.81. The van der Waals surface area contributed by atoms with E-state index in [-0.39, 0.29) is 18.8 Å². The number of aliphatic carboxylic acids is 1. The number of hydrogen-bond acceptors (Lipinski definition) is 2. The molecule has 0 radical (unpaired) electrons. The summed E-state index contributed by atoms with van der Waals surface area (Å²) in [5.74, 6) is -1.18. The highest BCUT2D eigenvalue weighted by atomic mass is 35.5. The summed E-state index contributed by atoms with van der Waals surface area (Å²) in [5, 5.41) is 9.58. The normalized spacial score (nSPS) is 11.8. The second-order valence-electron chi connectivity index (χ2n) is 7.41. The largest absolute Gasteiger partial charge is 0.481 e. The Labute approximate surface area is 193 Å². The number of halogens is 2. The van der Waals surface area contributed by atoms with Gasteiger partial charge in [-0.1, -0.05) is 41.9 Å². The zero-order valence-corrected chi connectivity index (χ0v) is 18.8. The van der Waals surface area contributed by atoms with E-state index in [0.29, 0.717) is 30.0 Å². The molecule has 0 aromatic heterocycles. The number of rotatable bonds is 10. The van der Waals surface area contributed by atoms with E-state index < -0.39 is 17.2 Å². The molecule has 0 aliphatic rings. The van der Waals surface area contributed by atoms with Crippen molar-refractivity contribution in [2.75, 3.05) is 10.8 Å². The fraction of sp³-hybridized carbons (Fsp3) is 0.208. The molecule has 0 heterocycles. The van der Waals surface area contributed by atoms with Gasteiger partial charge in [0.05, 0.1) is 5.69 Å². The Kier molecular flexibility index (Phi) is 8.39. The van der Waals surface area contributed by atoms with Crippen molar-refractivity contribution in [1.29, 1.82) is 0 Å². The van der Waals surface area contributed by atoms with Crippen molar-refractivity contribution in [3.8, 4) is 0 Å². The van der Waals surface area contributed by atoms with Gasteiger partial charge in [-0.05, 0) is 77.9 Å². The summed E-state index contributed by atoms with van der Waals surface area (Å²) in [6, 6.07) is 18.8. The van der Waals surface area contributed by atoms with Gasteiger partial charge in [0.25, 0.3) is 11.3 Å². The summed E-state index contributed by atoms with van der Waals surface area (Å²) in [5.41, 5.74) is 4.29. The highest BCUT2D eigenvalue weighted by Gasteiger charge is 2.13. The highest BCUT2D eigenvalue weighted by molar-refractivity contribution is 7.80. The summed E-state index contributed by atoms with van der Waals surface area (Å²) in [4.78, 5) is 11.0. The average molecular weight is 476 g/mol. The molecule has 0 fully saturated rings. The fourth-order valence-electron chi connectivity index (χ4n) is 3.45. The number of benzene rings is 3. The molecule has 168 valence electrons. The van der Waals surface area contributed by atoms with E-state index >= 15 is 0 Å². The summed E-state index contributed by atoms with van der Waals surface area (Å²) < 4.78 is 36.2. The lowest BCUT2D eigenvalue weighted by Crippen LogP contribution is -2.27. The molecule has 0 aliphatic heterocycles. The lowest BCUT2D eigenvalue weighted by Gasteiger charge is -2.20. The van der Waals surface area contributed by atoms with E-state index in [0.717, 1.165) is 22.3 Å². The van der Waals surface area contributed by atoms with Crippen LogP contribution >= 0.6 is 11.6 Å². The average Bonchev–Trinajstić information content (AvgIpc) is 2.75. The number of carboxylic acid groups (broad SMARTS) is 1. The third-order valence-electron chi connectivity index (χ3n) is 4.97. The van der Waals surface area contributed by atoms with Crippen LogP contribution in [0.2, 0.25) is 5.02 Å². The van der Waals surface area contributed by atoms with Gasteiger partial charge in [-0.3, -0.25) is 13.7 Å². The van der Waals surface area contributed by atoms with Gasteiger partial charge in [0.1, 0.15) is 5.82 Å². The van der Waals surface area contributed by atoms with E-state index in [4.69, 9.17) is 16.7 Å².